The van der Waals surface area contributed by atoms with Crippen LogP contribution in [0.2, 0.25) is 0 Å². The molecule has 3 heterocycles. The smallest absolute Gasteiger partial charge is 0.215 e. The number of anilines is 1. The molecule has 1 saturated heterocycles. The molecule has 1 aliphatic rings. The van der Waals surface area contributed by atoms with Gasteiger partial charge in [0, 0.05) is 38.4 Å². The molecule has 0 bridgehead atoms. The van der Waals surface area contributed by atoms with Crippen LogP contribution in [0.25, 0.3) is 11.4 Å². The zero-order valence-corrected chi connectivity index (χ0v) is 16.2. The summed E-state index contributed by atoms with van der Waals surface area (Å²) in [6, 6.07) is 3.75. The van der Waals surface area contributed by atoms with E-state index in [1.54, 1.807) is 10.5 Å². The number of piperidine rings is 1. The molecule has 2 aromatic heterocycles. The molecule has 3 rings (SSSR count). The van der Waals surface area contributed by atoms with E-state index in [0.29, 0.717) is 31.3 Å². The first-order valence-electron chi connectivity index (χ1n) is 9.09. The fraction of sp³-hybridized carbons (Fsp3) is 0.588. The summed E-state index contributed by atoms with van der Waals surface area (Å²) < 4.78 is 28.3. The number of hydrogen-bond donors (Lipinski definition) is 1. The lowest BCUT2D eigenvalue weighted by atomic mass is 10.2. The molecule has 0 radical (unpaired) electrons. The zero-order chi connectivity index (χ0) is 18.6. The number of rotatable bonds is 7. The highest BCUT2D eigenvalue weighted by molar-refractivity contribution is 7.89. The van der Waals surface area contributed by atoms with Gasteiger partial charge < -0.3 is 5.32 Å². The molecule has 2 aromatic rings. The summed E-state index contributed by atoms with van der Waals surface area (Å²) in [7, 11) is -3.21. The highest BCUT2D eigenvalue weighted by Crippen LogP contribution is 2.20. The molecule has 26 heavy (non-hydrogen) atoms. The van der Waals surface area contributed by atoms with Crippen LogP contribution in [0.3, 0.4) is 0 Å². The average Bonchev–Trinajstić information content (AvgIpc) is 3.11. The molecular formula is C17H26N6O2S. The van der Waals surface area contributed by atoms with Crippen LogP contribution in [0, 0.1) is 6.92 Å². The van der Waals surface area contributed by atoms with Crippen molar-refractivity contribution in [2.75, 3.05) is 30.7 Å². The van der Waals surface area contributed by atoms with Gasteiger partial charge >= 0.3 is 0 Å². The lowest BCUT2D eigenvalue weighted by Crippen LogP contribution is -2.38. The van der Waals surface area contributed by atoms with Gasteiger partial charge in [0.2, 0.25) is 10.0 Å². The van der Waals surface area contributed by atoms with Crippen LogP contribution in [0.4, 0.5) is 5.82 Å². The predicted octanol–water partition coefficient (Wildman–Crippen LogP) is 1.90. The number of aromatic nitrogens is 4. The van der Waals surface area contributed by atoms with Gasteiger partial charge in [0.1, 0.15) is 11.6 Å². The minimum absolute atomic E-state index is 0.0677. The van der Waals surface area contributed by atoms with Crippen molar-refractivity contribution in [1.29, 1.82) is 0 Å². The van der Waals surface area contributed by atoms with Gasteiger partial charge in [-0.2, -0.15) is 5.10 Å². The Hall–Kier alpha value is -2.00. The van der Waals surface area contributed by atoms with Crippen LogP contribution < -0.4 is 5.32 Å². The summed E-state index contributed by atoms with van der Waals surface area (Å²) in [5, 5.41) is 7.40. The second kappa shape index (κ2) is 8.13. The molecule has 0 saturated carbocycles. The molecule has 0 unspecified atom stereocenters. The molecule has 9 heteroatoms. The lowest BCUT2D eigenvalue weighted by molar-refractivity contribution is 0.347. The summed E-state index contributed by atoms with van der Waals surface area (Å²) in [6.45, 7) is 6.20. The maximum atomic E-state index is 12.4. The van der Waals surface area contributed by atoms with Gasteiger partial charge in [-0.3, -0.25) is 4.68 Å². The van der Waals surface area contributed by atoms with E-state index in [0.717, 1.165) is 37.2 Å². The summed E-state index contributed by atoms with van der Waals surface area (Å²) >= 11 is 0. The first-order valence-corrected chi connectivity index (χ1v) is 10.7. The van der Waals surface area contributed by atoms with Gasteiger partial charge in [-0.1, -0.05) is 6.42 Å². The SMILES string of the molecule is CCn1nccc1-c1cc(NCCS(=O)(=O)N2CCCCC2)nc(C)n1. The standard InChI is InChI=1S/C17H26N6O2S/c1-3-23-16(7-8-19-23)15-13-17(21-14(2)20-15)18-9-12-26(24,25)22-10-5-4-6-11-22/h7-8,13H,3-6,9-12H2,1-2H3,(H,18,20,21). The molecule has 1 N–H and O–H groups in total. The van der Waals surface area contributed by atoms with E-state index in [-0.39, 0.29) is 5.75 Å². The maximum absolute atomic E-state index is 12.4. The van der Waals surface area contributed by atoms with Gasteiger partial charge in [-0.25, -0.2) is 22.7 Å². The minimum Gasteiger partial charge on any atom is -0.369 e. The Labute approximate surface area is 154 Å². The van der Waals surface area contributed by atoms with E-state index < -0.39 is 10.0 Å². The van der Waals surface area contributed by atoms with E-state index in [1.165, 1.54) is 0 Å². The largest absolute Gasteiger partial charge is 0.369 e. The normalized spacial score (nSPS) is 15.9. The van der Waals surface area contributed by atoms with E-state index in [4.69, 9.17) is 0 Å². The zero-order valence-electron chi connectivity index (χ0n) is 15.3. The summed E-state index contributed by atoms with van der Waals surface area (Å²) in [4.78, 5) is 8.85. The summed E-state index contributed by atoms with van der Waals surface area (Å²) in [6.07, 6.45) is 4.76. The molecule has 8 nitrogen and oxygen atoms in total. The van der Waals surface area contributed by atoms with Crippen molar-refractivity contribution in [3.8, 4) is 11.4 Å². The highest BCUT2D eigenvalue weighted by Gasteiger charge is 2.23. The second-order valence-electron chi connectivity index (χ2n) is 6.42. The van der Waals surface area contributed by atoms with Crippen molar-refractivity contribution < 1.29 is 8.42 Å². The Morgan fingerprint density at radius 3 is 2.69 bits per heavy atom. The molecule has 0 aliphatic carbocycles. The first-order chi connectivity index (χ1) is 12.5. The fourth-order valence-electron chi connectivity index (χ4n) is 3.17. The Morgan fingerprint density at radius 2 is 1.96 bits per heavy atom. The van der Waals surface area contributed by atoms with E-state index in [2.05, 4.69) is 20.4 Å². The van der Waals surface area contributed by atoms with Gasteiger partial charge in [0.25, 0.3) is 0 Å². The third kappa shape index (κ3) is 4.39. The average molecular weight is 379 g/mol. The van der Waals surface area contributed by atoms with Crippen molar-refractivity contribution in [1.82, 2.24) is 24.1 Å². The number of aryl methyl sites for hydroxylation is 2. The Bertz CT molecular complexity index is 843. The molecule has 1 aliphatic heterocycles. The number of nitrogens with one attached hydrogen (secondary N) is 1. The Kier molecular flexibility index (Phi) is 5.87. The van der Waals surface area contributed by atoms with E-state index in [1.807, 2.05) is 30.7 Å². The van der Waals surface area contributed by atoms with Gasteiger partial charge in [0.15, 0.2) is 0 Å². The quantitative estimate of drug-likeness (QED) is 0.791. The van der Waals surface area contributed by atoms with Crippen molar-refractivity contribution in [2.24, 2.45) is 0 Å². The third-order valence-corrected chi connectivity index (χ3v) is 6.36. The number of sulfonamides is 1. The topological polar surface area (TPSA) is 93.0 Å². The Morgan fingerprint density at radius 1 is 1.19 bits per heavy atom. The fourth-order valence-corrected chi connectivity index (χ4v) is 4.60. The molecule has 0 aromatic carbocycles. The number of hydrogen-bond acceptors (Lipinski definition) is 6. The minimum atomic E-state index is -3.21. The van der Waals surface area contributed by atoms with Crippen LogP contribution in [-0.4, -0.2) is 57.9 Å². The van der Waals surface area contributed by atoms with E-state index >= 15 is 0 Å². The Balaban J connectivity index is 1.67. The monoisotopic (exact) mass is 378 g/mol. The van der Waals surface area contributed by atoms with Crippen molar-refractivity contribution in [3.63, 3.8) is 0 Å². The second-order valence-corrected chi connectivity index (χ2v) is 8.51. The van der Waals surface area contributed by atoms with E-state index in [9.17, 15) is 8.42 Å². The van der Waals surface area contributed by atoms with Crippen LogP contribution >= 0.6 is 0 Å². The molecular weight excluding hydrogens is 352 g/mol. The van der Waals surface area contributed by atoms with Crippen molar-refractivity contribution in [2.45, 2.75) is 39.7 Å². The molecule has 142 valence electrons. The van der Waals surface area contributed by atoms with Crippen LogP contribution in [0.15, 0.2) is 18.3 Å². The number of nitrogens with zero attached hydrogens (tertiary/aromatic N) is 5. The maximum Gasteiger partial charge on any atom is 0.215 e. The van der Waals surface area contributed by atoms with Gasteiger partial charge in [-0.15, -0.1) is 0 Å². The van der Waals surface area contributed by atoms with Crippen LogP contribution in [0.5, 0.6) is 0 Å². The molecule has 1 fully saturated rings. The lowest BCUT2D eigenvalue weighted by Gasteiger charge is -2.25. The molecule has 0 amide bonds. The van der Waals surface area contributed by atoms with Crippen LogP contribution in [0.1, 0.15) is 32.0 Å². The summed E-state index contributed by atoms with van der Waals surface area (Å²) in [5.74, 6) is 1.33. The third-order valence-electron chi connectivity index (χ3n) is 4.49. The van der Waals surface area contributed by atoms with Crippen molar-refractivity contribution >= 4 is 15.8 Å². The summed E-state index contributed by atoms with van der Waals surface area (Å²) in [5.41, 5.74) is 1.69. The highest BCUT2D eigenvalue weighted by atomic mass is 32.2. The van der Waals surface area contributed by atoms with Gasteiger partial charge in [-0.05, 0) is 32.8 Å². The first kappa shape index (κ1) is 18.8. The van der Waals surface area contributed by atoms with Crippen LogP contribution in [-0.2, 0) is 16.6 Å². The molecule has 0 spiro atoms. The predicted molar refractivity (Wildman–Crippen MR) is 101 cm³/mol. The van der Waals surface area contributed by atoms with Crippen molar-refractivity contribution in [3.05, 3.63) is 24.2 Å². The van der Waals surface area contributed by atoms with Gasteiger partial charge in [0.05, 0.1) is 17.1 Å². The molecule has 0 atom stereocenters.